The molecule has 18 heavy (non-hydrogen) atoms. The summed E-state index contributed by atoms with van der Waals surface area (Å²) in [6, 6.07) is 4.28. The molecule has 1 aromatic carbocycles. The Labute approximate surface area is 110 Å². The summed E-state index contributed by atoms with van der Waals surface area (Å²) in [5.74, 6) is -0.916. The van der Waals surface area contributed by atoms with E-state index in [-0.39, 0.29) is 23.6 Å². The molecule has 5 heteroatoms. The highest BCUT2D eigenvalue weighted by Crippen LogP contribution is 2.33. The van der Waals surface area contributed by atoms with E-state index < -0.39 is 0 Å². The van der Waals surface area contributed by atoms with E-state index in [1.165, 1.54) is 12.1 Å². The number of carbonyl (C=O) groups excluding carboxylic acids is 1. The van der Waals surface area contributed by atoms with Crippen molar-refractivity contribution in [3.05, 3.63) is 34.6 Å². The maximum atomic E-state index is 13.0. The third-order valence-corrected chi connectivity index (χ3v) is 3.49. The van der Waals surface area contributed by atoms with Crippen LogP contribution in [-0.4, -0.2) is 25.7 Å². The van der Waals surface area contributed by atoms with Gasteiger partial charge in [-0.05, 0) is 24.6 Å². The third-order valence-electron chi connectivity index (χ3n) is 3.17. The molecule has 2 atom stereocenters. The van der Waals surface area contributed by atoms with Crippen molar-refractivity contribution in [2.75, 3.05) is 19.7 Å². The molecule has 2 unspecified atom stereocenters. The van der Waals surface area contributed by atoms with Crippen LogP contribution in [0.25, 0.3) is 0 Å². The van der Waals surface area contributed by atoms with E-state index in [0.717, 1.165) is 5.56 Å². The largest absolute Gasteiger partial charge is 0.466 e. The molecule has 1 aliphatic heterocycles. The zero-order valence-electron chi connectivity index (χ0n) is 10.1. The highest BCUT2D eigenvalue weighted by atomic mass is 35.5. The van der Waals surface area contributed by atoms with Crippen molar-refractivity contribution >= 4 is 17.6 Å². The average Bonchev–Trinajstić information content (AvgIpc) is 2.78. The number of hydrogen-bond donors (Lipinski definition) is 1. The van der Waals surface area contributed by atoms with Gasteiger partial charge in [0.05, 0.1) is 12.5 Å². The van der Waals surface area contributed by atoms with Crippen molar-refractivity contribution < 1.29 is 13.9 Å². The van der Waals surface area contributed by atoms with Crippen LogP contribution < -0.4 is 5.32 Å². The molecule has 0 saturated carbocycles. The quantitative estimate of drug-likeness (QED) is 0.858. The number of rotatable bonds is 3. The second-order valence-electron chi connectivity index (χ2n) is 4.29. The fraction of sp³-hybridized carbons (Fsp3) is 0.462. The van der Waals surface area contributed by atoms with Gasteiger partial charge in [-0.25, -0.2) is 4.39 Å². The number of halogens is 2. The molecule has 1 aromatic rings. The Morgan fingerprint density at radius 3 is 3.00 bits per heavy atom. The van der Waals surface area contributed by atoms with E-state index in [9.17, 15) is 9.18 Å². The van der Waals surface area contributed by atoms with E-state index in [2.05, 4.69) is 5.32 Å². The maximum Gasteiger partial charge on any atom is 0.310 e. The minimum atomic E-state index is -0.373. The van der Waals surface area contributed by atoms with Crippen molar-refractivity contribution in [1.82, 2.24) is 5.32 Å². The zero-order valence-corrected chi connectivity index (χ0v) is 10.8. The zero-order chi connectivity index (χ0) is 13.1. The normalized spacial score (nSPS) is 23.1. The topological polar surface area (TPSA) is 38.3 Å². The van der Waals surface area contributed by atoms with Crippen LogP contribution in [0.3, 0.4) is 0 Å². The number of nitrogens with one attached hydrogen (secondary N) is 1. The molecule has 1 saturated heterocycles. The second kappa shape index (κ2) is 5.67. The van der Waals surface area contributed by atoms with Gasteiger partial charge in [-0.15, -0.1) is 0 Å². The SMILES string of the molecule is CCOC(=O)C1CNCC1c1ccc(F)cc1Cl. The molecular weight excluding hydrogens is 257 g/mol. The van der Waals surface area contributed by atoms with Gasteiger partial charge < -0.3 is 10.1 Å². The minimum absolute atomic E-state index is 0.0582. The van der Waals surface area contributed by atoms with E-state index in [1.807, 2.05) is 0 Å². The predicted molar refractivity (Wildman–Crippen MR) is 67.1 cm³/mol. The highest BCUT2D eigenvalue weighted by molar-refractivity contribution is 6.31. The Bertz CT molecular complexity index is 453. The molecule has 0 spiro atoms. The van der Waals surface area contributed by atoms with Crippen molar-refractivity contribution in [3.63, 3.8) is 0 Å². The van der Waals surface area contributed by atoms with Gasteiger partial charge in [0.25, 0.3) is 0 Å². The molecule has 0 bridgehead atoms. The molecule has 98 valence electrons. The van der Waals surface area contributed by atoms with Crippen LogP contribution in [0.5, 0.6) is 0 Å². The first-order valence-electron chi connectivity index (χ1n) is 5.95. The Morgan fingerprint density at radius 2 is 2.33 bits per heavy atom. The highest BCUT2D eigenvalue weighted by Gasteiger charge is 2.36. The first-order valence-corrected chi connectivity index (χ1v) is 6.33. The lowest BCUT2D eigenvalue weighted by Gasteiger charge is -2.18. The fourth-order valence-corrected chi connectivity index (χ4v) is 2.61. The lowest BCUT2D eigenvalue weighted by molar-refractivity contribution is -0.147. The van der Waals surface area contributed by atoms with Crippen molar-refractivity contribution in [3.8, 4) is 0 Å². The molecule has 0 aromatic heterocycles. The summed E-state index contributed by atoms with van der Waals surface area (Å²) in [7, 11) is 0. The van der Waals surface area contributed by atoms with Gasteiger partial charge in [-0.3, -0.25) is 4.79 Å². The standard InChI is InChI=1S/C13H15ClFNO2/c1-2-18-13(17)11-7-16-6-10(11)9-4-3-8(15)5-12(9)14/h3-5,10-11,16H,2,6-7H2,1H3. The van der Waals surface area contributed by atoms with Crippen LogP contribution in [0.1, 0.15) is 18.4 Å². The predicted octanol–water partition coefficient (Wildman–Crippen LogP) is 2.35. The number of benzene rings is 1. The second-order valence-corrected chi connectivity index (χ2v) is 4.70. The first-order chi connectivity index (χ1) is 8.63. The van der Waals surface area contributed by atoms with Crippen molar-refractivity contribution in [2.24, 2.45) is 5.92 Å². The van der Waals surface area contributed by atoms with Gasteiger partial charge in [0, 0.05) is 24.0 Å². The molecule has 1 N–H and O–H groups in total. The molecule has 0 aliphatic carbocycles. The van der Waals surface area contributed by atoms with Gasteiger partial charge in [-0.1, -0.05) is 17.7 Å². The molecule has 1 heterocycles. The Morgan fingerprint density at radius 1 is 1.56 bits per heavy atom. The maximum absolute atomic E-state index is 13.0. The van der Waals surface area contributed by atoms with E-state index in [4.69, 9.17) is 16.3 Å². The van der Waals surface area contributed by atoms with Gasteiger partial charge in [-0.2, -0.15) is 0 Å². The van der Waals surface area contributed by atoms with Crippen molar-refractivity contribution in [1.29, 1.82) is 0 Å². The Balaban J connectivity index is 2.23. The summed E-state index contributed by atoms with van der Waals surface area (Å²) in [5.41, 5.74) is 0.793. The van der Waals surface area contributed by atoms with Gasteiger partial charge in [0.15, 0.2) is 0 Å². The summed E-state index contributed by atoms with van der Waals surface area (Å²) in [6.07, 6.45) is 0. The summed E-state index contributed by atoms with van der Waals surface area (Å²) in [6.45, 7) is 3.35. The average molecular weight is 272 g/mol. The van der Waals surface area contributed by atoms with Crippen LogP contribution >= 0.6 is 11.6 Å². The summed E-state index contributed by atoms with van der Waals surface area (Å²) in [4.78, 5) is 11.8. The molecule has 3 nitrogen and oxygen atoms in total. The molecule has 2 rings (SSSR count). The number of esters is 1. The van der Waals surface area contributed by atoms with Crippen LogP contribution in [0.2, 0.25) is 5.02 Å². The molecule has 0 amide bonds. The van der Waals surface area contributed by atoms with E-state index in [1.54, 1.807) is 13.0 Å². The summed E-state index contributed by atoms with van der Waals surface area (Å²) < 4.78 is 18.1. The summed E-state index contributed by atoms with van der Waals surface area (Å²) in [5, 5.41) is 3.51. The third kappa shape index (κ3) is 2.65. The van der Waals surface area contributed by atoms with Crippen LogP contribution in [0.4, 0.5) is 4.39 Å². The van der Waals surface area contributed by atoms with Crippen LogP contribution in [-0.2, 0) is 9.53 Å². The van der Waals surface area contributed by atoms with Gasteiger partial charge in [0.1, 0.15) is 5.82 Å². The van der Waals surface area contributed by atoms with Crippen LogP contribution in [0, 0.1) is 11.7 Å². The number of carbonyl (C=O) groups is 1. The lowest BCUT2D eigenvalue weighted by Crippen LogP contribution is -2.24. The summed E-state index contributed by atoms with van der Waals surface area (Å²) >= 11 is 6.04. The molecule has 1 aliphatic rings. The lowest BCUT2D eigenvalue weighted by atomic mass is 9.89. The number of hydrogen-bond acceptors (Lipinski definition) is 3. The molecule has 1 fully saturated rings. The molecular formula is C13H15ClFNO2. The molecule has 0 radical (unpaired) electrons. The smallest absolute Gasteiger partial charge is 0.310 e. The minimum Gasteiger partial charge on any atom is -0.466 e. The monoisotopic (exact) mass is 271 g/mol. The van der Waals surface area contributed by atoms with E-state index in [0.29, 0.717) is 24.7 Å². The van der Waals surface area contributed by atoms with Crippen LogP contribution in [0.15, 0.2) is 18.2 Å². The van der Waals surface area contributed by atoms with Crippen molar-refractivity contribution in [2.45, 2.75) is 12.8 Å². The van der Waals surface area contributed by atoms with E-state index >= 15 is 0 Å². The van der Waals surface area contributed by atoms with Gasteiger partial charge in [0.2, 0.25) is 0 Å². The first kappa shape index (κ1) is 13.3. The Kier molecular flexibility index (Phi) is 4.19. The number of ether oxygens (including phenoxy) is 1. The fourth-order valence-electron chi connectivity index (χ4n) is 2.30. The van der Waals surface area contributed by atoms with Gasteiger partial charge >= 0.3 is 5.97 Å². The Hall–Kier alpha value is -1.13.